The summed E-state index contributed by atoms with van der Waals surface area (Å²) in [6.07, 6.45) is 4.45. The van der Waals surface area contributed by atoms with Crippen molar-refractivity contribution in [1.29, 1.82) is 0 Å². The molecule has 0 aliphatic carbocycles. The largest absolute Gasteiger partial charge is 0.355 e. The molecule has 1 N–H and O–H groups in total. The third-order valence-corrected chi connectivity index (χ3v) is 4.71. The van der Waals surface area contributed by atoms with Crippen LogP contribution >= 0.6 is 0 Å². The molecule has 4 nitrogen and oxygen atoms in total. The molecule has 1 fully saturated rings. The monoisotopic (exact) mass is 323 g/mol. The van der Waals surface area contributed by atoms with Crippen LogP contribution in [0.3, 0.4) is 0 Å². The summed E-state index contributed by atoms with van der Waals surface area (Å²) in [5.41, 5.74) is 2.46. The summed E-state index contributed by atoms with van der Waals surface area (Å²) in [5, 5.41) is 3.09. The predicted molar refractivity (Wildman–Crippen MR) is 95.3 cm³/mol. The molecule has 3 rings (SSSR count). The van der Waals surface area contributed by atoms with Crippen LogP contribution in [0.5, 0.6) is 0 Å². The van der Waals surface area contributed by atoms with Crippen LogP contribution in [-0.4, -0.2) is 35.4 Å². The Bertz CT molecular complexity index is 644. The van der Waals surface area contributed by atoms with Crippen LogP contribution in [0.2, 0.25) is 0 Å². The van der Waals surface area contributed by atoms with Crippen LogP contribution in [0.25, 0.3) is 0 Å². The van der Waals surface area contributed by atoms with E-state index in [1.165, 1.54) is 5.56 Å². The summed E-state index contributed by atoms with van der Waals surface area (Å²) in [5.74, 6) is 0.664. The van der Waals surface area contributed by atoms with Crippen LogP contribution < -0.4 is 5.32 Å². The molecular formula is C20H25N3O. The van der Waals surface area contributed by atoms with Gasteiger partial charge in [0.2, 0.25) is 5.91 Å². The lowest BCUT2D eigenvalue weighted by atomic mass is 9.97. The summed E-state index contributed by atoms with van der Waals surface area (Å²) in [6.45, 7) is 5.60. The van der Waals surface area contributed by atoms with Gasteiger partial charge in [-0.15, -0.1) is 0 Å². The minimum atomic E-state index is 0.0858. The SMILES string of the molecule is CC1CN(Cc2ccccc2)CC1C(=O)NCCc1cccnc1. The van der Waals surface area contributed by atoms with Gasteiger partial charge in [-0.3, -0.25) is 14.7 Å². The number of nitrogens with one attached hydrogen (secondary N) is 1. The molecule has 126 valence electrons. The number of hydrogen-bond acceptors (Lipinski definition) is 3. The first-order chi connectivity index (χ1) is 11.7. The van der Waals surface area contributed by atoms with Gasteiger partial charge < -0.3 is 5.32 Å². The van der Waals surface area contributed by atoms with Gasteiger partial charge in [-0.1, -0.05) is 43.3 Å². The zero-order valence-electron chi connectivity index (χ0n) is 14.2. The van der Waals surface area contributed by atoms with E-state index >= 15 is 0 Å². The van der Waals surface area contributed by atoms with Gasteiger partial charge in [0.1, 0.15) is 0 Å². The van der Waals surface area contributed by atoms with E-state index in [1.54, 1.807) is 6.20 Å². The summed E-state index contributed by atoms with van der Waals surface area (Å²) < 4.78 is 0. The maximum absolute atomic E-state index is 12.5. The third kappa shape index (κ3) is 4.42. The van der Waals surface area contributed by atoms with Gasteiger partial charge in [0, 0.05) is 38.6 Å². The number of benzene rings is 1. The number of amides is 1. The summed E-state index contributed by atoms with van der Waals surface area (Å²) in [6, 6.07) is 14.4. The highest BCUT2D eigenvalue weighted by Gasteiger charge is 2.34. The zero-order chi connectivity index (χ0) is 16.8. The van der Waals surface area contributed by atoms with Crippen LogP contribution in [0.4, 0.5) is 0 Å². The number of aromatic nitrogens is 1. The topological polar surface area (TPSA) is 45.2 Å². The van der Waals surface area contributed by atoms with Gasteiger partial charge in [0.25, 0.3) is 0 Å². The number of hydrogen-bond donors (Lipinski definition) is 1. The van der Waals surface area contributed by atoms with Crippen molar-refractivity contribution < 1.29 is 4.79 Å². The van der Waals surface area contributed by atoms with Crippen molar-refractivity contribution >= 4 is 5.91 Å². The normalized spacial score (nSPS) is 20.9. The van der Waals surface area contributed by atoms with E-state index in [2.05, 4.69) is 46.4 Å². The van der Waals surface area contributed by atoms with Gasteiger partial charge in [0.15, 0.2) is 0 Å². The number of likely N-dealkylation sites (tertiary alicyclic amines) is 1. The Balaban J connectivity index is 1.46. The average molecular weight is 323 g/mol. The molecule has 2 atom stereocenters. The maximum atomic E-state index is 12.5. The summed E-state index contributed by atoms with van der Waals surface area (Å²) >= 11 is 0. The number of pyridine rings is 1. The highest BCUT2D eigenvalue weighted by molar-refractivity contribution is 5.79. The van der Waals surface area contributed by atoms with E-state index in [0.29, 0.717) is 12.5 Å². The van der Waals surface area contributed by atoms with E-state index in [0.717, 1.165) is 31.6 Å². The smallest absolute Gasteiger partial charge is 0.224 e. The van der Waals surface area contributed by atoms with Crippen LogP contribution in [-0.2, 0) is 17.8 Å². The van der Waals surface area contributed by atoms with Crippen molar-refractivity contribution in [3.05, 3.63) is 66.0 Å². The fourth-order valence-corrected chi connectivity index (χ4v) is 3.39. The van der Waals surface area contributed by atoms with Crippen molar-refractivity contribution in [2.24, 2.45) is 11.8 Å². The van der Waals surface area contributed by atoms with E-state index in [-0.39, 0.29) is 11.8 Å². The Labute approximate surface area is 143 Å². The van der Waals surface area contributed by atoms with Gasteiger partial charge in [-0.05, 0) is 29.5 Å². The second-order valence-corrected chi connectivity index (χ2v) is 6.67. The van der Waals surface area contributed by atoms with E-state index in [4.69, 9.17) is 0 Å². The Hall–Kier alpha value is -2.20. The molecule has 2 aromatic rings. The van der Waals surface area contributed by atoms with Crippen LogP contribution in [0.1, 0.15) is 18.1 Å². The molecule has 0 bridgehead atoms. The summed E-state index contributed by atoms with van der Waals surface area (Å²) in [7, 11) is 0. The number of carbonyl (C=O) groups excluding carboxylic acids is 1. The second-order valence-electron chi connectivity index (χ2n) is 6.67. The first-order valence-electron chi connectivity index (χ1n) is 8.65. The fraction of sp³-hybridized carbons (Fsp3) is 0.400. The number of carbonyl (C=O) groups is 1. The number of rotatable bonds is 6. The van der Waals surface area contributed by atoms with Crippen LogP contribution in [0.15, 0.2) is 54.9 Å². The molecular weight excluding hydrogens is 298 g/mol. The van der Waals surface area contributed by atoms with E-state index < -0.39 is 0 Å². The van der Waals surface area contributed by atoms with Crippen molar-refractivity contribution in [3.8, 4) is 0 Å². The standard InChI is InChI=1S/C20H25N3O/c1-16-13-23(14-18-6-3-2-4-7-18)15-19(16)20(24)22-11-9-17-8-5-10-21-12-17/h2-8,10,12,16,19H,9,11,13-15H2,1H3,(H,22,24). The molecule has 2 unspecified atom stereocenters. The second kappa shape index (κ2) is 8.06. The van der Waals surface area contributed by atoms with Crippen molar-refractivity contribution in [2.45, 2.75) is 19.9 Å². The van der Waals surface area contributed by atoms with Gasteiger partial charge in [-0.25, -0.2) is 0 Å². The predicted octanol–water partition coefficient (Wildman–Crippen LogP) is 2.51. The highest BCUT2D eigenvalue weighted by Crippen LogP contribution is 2.24. The van der Waals surface area contributed by atoms with Crippen LogP contribution in [0, 0.1) is 11.8 Å². The Morgan fingerprint density at radius 3 is 2.71 bits per heavy atom. The highest BCUT2D eigenvalue weighted by atomic mass is 16.1. The lowest BCUT2D eigenvalue weighted by molar-refractivity contribution is -0.125. The lowest BCUT2D eigenvalue weighted by Crippen LogP contribution is -2.35. The molecule has 0 spiro atoms. The van der Waals surface area contributed by atoms with Gasteiger partial charge in [0.05, 0.1) is 5.92 Å². The molecule has 1 aromatic carbocycles. The quantitative estimate of drug-likeness (QED) is 0.888. The van der Waals surface area contributed by atoms with Gasteiger partial charge >= 0.3 is 0 Å². The molecule has 1 saturated heterocycles. The minimum Gasteiger partial charge on any atom is -0.355 e. The molecule has 1 aliphatic rings. The average Bonchev–Trinajstić information content (AvgIpc) is 2.97. The first kappa shape index (κ1) is 16.7. The molecule has 0 radical (unpaired) electrons. The van der Waals surface area contributed by atoms with Crippen molar-refractivity contribution in [2.75, 3.05) is 19.6 Å². The molecule has 4 heteroatoms. The fourth-order valence-electron chi connectivity index (χ4n) is 3.39. The Kier molecular flexibility index (Phi) is 5.59. The Morgan fingerprint density at radius 1 is 1.17 bits per heavy atom. The lowest BCUT2D eigenvalue weighted by Gasteiger charge is -2.16. The Morgan fingerprint density at radius 2 is 1.96 bits per heavy atom. The first-order valence-corrected chi connectivity index (χ1v) is 8.65. The minimum absolute atomic E-state index is 0.0858. The van der Waals surface area contributed by atoms with E-state index in [9.17, 15) is 4.79 Å². The molecule has 1 aliphatic heterocycles. The third-order valence-electron chi connectivity index (χ3n) is 4.71. The van der Waals surface area contributed by atoms with Crippen molar-refractivity contribution in [1.82, 2.24) is 15.2 Å². The van der Waals surface area contributed by atoms with Gasteiger partial charge in [-0.2, -0.15) is 0 Å². The summed E-state index contributed by atoms with van der Waals surface area (Å²) in [4.78, 5) is 19.0. The van der Waals surface area contributed by atoms with E-state index in [1.807, 2.05) is 24.4 Å². The maximum Gasteiger partial charge on any atom is 0.224 e. The molecule has 1 aromatic heterocycles. The molecule has 2 heterocycles. The molecule has 24 heavy (non-hydrogen) atoms. The number of nitrogens with zero attached hydrogens (tertiary/aromatic N) is 2. The molecule has 0 saturated carbocycles. The zero-order valence-corrected chi connectivity index (χ0v) is 14.2. The van der Waals surface area contributed by atoms with Crippen molar-refractivity contribution in [3.63, 3.8) is 0 Å². The molecule has 1 amide bonds.